The van der Waals surface area contributed by atoms with Gasteiger partial charge in [0.25, 0.3) is 0 Å². The van der Waals surface area contributed by atoms with Gasteiger partial charge in [-0.25, -0.2) is 4.99 Å². The van der Waals surface area contributed by atoms with Crippen LogP contribution in [0.25, 0.3) is 0 Å². The Kier molecular flexibility index (Phi) is 3.16. The lowest BCUT2D eigenvalue weighted by atomic mass is 10.3. The maximum atomic E-state index is 5.77. The van der Waals surface area contributed by atoms with Crippen molar-refractivity contribution in [1.29, 1.82) is 0 Å². The van der Waals surface area contributed by atoms with Gasteiger partial charge >= 0.3 is 0 Å². The molecule has 1 aliphatic rings. The predicted molar refractivity (Wildman–Crippen MR) is 64.2 cm³/mol. The topological polar surface area (TPSA) is 47.6 Å². The van der Waals surface area contributed by atoms with Gasteiger partial charge in [0.2, 0.25) is 0 Å². The minimum atomic E-state index is 0.672. The Morgan fingerprint density at radius 1 is 1.53 bits per heavy atom. The molecule has 0 spiro atoms. The van der Waals surface area contributed by atoms with Gasteiger partial charge in [-0.1, -0.05) is 0 Å². The fourth-order valence-corrected chi connectivity index (χ4v) is 2.39. The fraction of sp³-hybridized carbons (Fsp3) is 0.364. The van der Waals surface area contributed by atoms with Crippen molar-refractivity contribution >= 4 is 23.3 Å². The van der Waals surface area contributed by atoms with E-state index < -0.39 is 0 Å². The molecule has 0 amide bonds. The normalized spacial score (nSPS) is 15.1. The number of amidine groups is 1. The van der Waals surface area contributed by atoms with Crippen LogP contribution in [0.3, 0.4) is 0 Å². The Balaban J connectivity index is 2.35. The van der Waals surface area contributed by atoms with Crippen LogP contribution in [-0.4, -0.2) is 18.2 Å². The first-order chi connectivity index (χ1) is 7.29. The van der Waals surface area contributed by atoms with E-state index in [1.165, 1.54) is 4.90 Å². The van der Waals surface area contributed by atoms with Gasteiger partial charge in [0.15, 0.2) is 0 Å². The molecule has 15 heavy (non-hydrogen) atoms. The maximum Gasteiger partial charge on any atom is 0.121 e. The zero-order chi connectivity index (χ0) is 10.7. The molecule has 0 radical (unpaired) electrons. The summed E-state index contributed by atoms with van der Waals surface area (Å²) in [4.78, 5) is 5.56. The van der Waals surface area contributed by atoms with E-state index in [4.69, 9.17) is 10.5 Å². The second kappa shape index (κ2) is 4.57. The second-order valence-corrected chi connectivity index (χ2v) is 4.40. The fourth-order valence-electron chi connectivity index (χ4n) is 1.44. The minimum absolute atomic E-state index is 0.672. The highest BCUT2D eigenvalue weighted by molar-refractivity contribution is 7.99. The summed E-state index contributed by atoms with van der Waals surface area (Å²) in [6.45, 7) is 2.64. The minimum Gasteiger partial charge on any atom is -0.494 e. The van der Waals surface area contributed by atoms with Crippen LogP contribution in [0, 0.1) is 0 Å². The van der Waals surface area contributed by atoms with Crippen molar-refractivity contribution in [3.05, 3.63) is 18.2 Å². The number of thioether (sulfide) groups is 1. The van der Waals surface area contributed by atoms with Crippen molar-refractivity contribution < 1.29 is 4.74 Å². The number of rotatable bonds is 2. The van der Waals surface area contributed by atoms with Gasteiger partial charge in [-0.05, 0) is 19.1 Å². The van der Waals surface area contributed by atoms with Crippen LogP contribution in [0.4, 0.5) is 5.69 Å². The van der Waals surface area contributed by atoms with Crippen LogP contribution in [-0.2, 0) is 0 Å². The lowest BCUT2D eigenvalue weighted by Gasteiger charge is -2.06. The van der Waals surface area contributed by atoms with Crippen LogP contribution in [0.1, 0.15) is 13.3 Å². The van der Waals surface area contributed by atoms with E-state index in [9.17, 15) is 0 Å². The molecule has 3 nitrogen and oxygen atoms in total. The molecule has 0 saturated heterocycles. The number of hydrogen-bond acceptors (Lipinski definition) is 4. The van der Waals surface area contributed by atoms with Gasteiger partial charge < -0.3 is 10.5 Å². The van der Waals surface area contributed by atoms with E-state index >= 15 is 0 Å². The molecule has 0 aliphatic carbocycles. The monoisotopic (exact) mass is 222 g/mol. The van der Waals surface area contributed by atoms with Gasteiger partial charge in [0, 0.05) is 23.1 Å². The molecular weight excluding hydrogens is 208 g/mol. The highest BCUT2D eigenvalue weighted by Crippen LogP contribution is 2.35. The number of aliphatic imine (C=N–C) groups is 1. The molecule has 80 valence electrons. The number of nitrogens with zero attached hydrogens (tertiary/aromatic N) is 1. The van der Waals surface area contributed by atoms with Crippen LogP contribution >= 0.6 is 11.8 Å². The summed E-state index contributed by atoms with van der Waals surface area (Å²) in [7, 11) is 0. The maximum absolute atomic E-state index is 5.77. The van der Waals surface area contributed by atoms with Gasteiger partial charge in [0.05, 0.1) is 12.3 Å². The average molecular weight is 222 g/mol. The number of fused-ring (bicyclic) bond motifs is 1. The van der Waals surface area contributed by atoms with Gasteiger partial charge in [-0.15, -0.1) is 11.8 Å². The zero-order valence-corrected chi connectivity index (χ0v) is 9.51. The third kappa shape index (κ3) is 2.45. The summed E-state index contributed by atoms with van der Waals surface area (Å²) in [5, 5.41) is 0. The van der Waals surface area contributed by atoms with E-state index in [0.717, 1.165) is 23.6 Å². The van der Waals surface area contributed by atoms with E-state index in [1.54, 1.807) is 11.8 Å². The Labute approximate surface area is 93.7 Å². The largest absolute Gasteiger partial charge is 0.494 e. The van der Waals surface area contributed by atoms with E-state index in [-0.39, 0.29) is 0 Å². The number of hydrogen-bond donors (Lipinski definition) is 1. The van der Waals surface area contributed by atoms with Gasteiger partial charge in [0.1, 0.15) is 11.6 Å². The molecule has 0 fully saturated rings. The average Bonchev–Trinajstić information content (AvgIpc) is 2.38. The zero-order valence-electron chi connectivity index (χ0n) is 8.69. The third-order valence-corrected chi connectivity index (χ3v) is 3.19. The quantitative estimate of drug-likeness (QED) is 0.836. The Bertz CT molecular complexity index is 390. The molecule has 4 heteroatoms. The van der Waals surface area contributed by atoms with E-state index in [2.05, 4.69) is 4.99 Å². The first kappa shape index (κ1) is 10.4. The molecular formula is C11H14N2OS. The first-order valence-corrected chi connectivity index (χ1v) is 6.01. The van der Waals surface area contributed by atoms with Crippen LogP contribution < -0.4 is 10.5 Å². The van der Waals surface area contributed by atoms with Crippen molar-refractivity contribution in [2.75, 3.05) is 12.4 Å². The Morgan fingerprint density at radius 3 is 3.20 bits per heavy atom. The summed E-state index contributed by atoms with van der Waals surface area (Å²) in [6.07, 6.45) is 0.851. The molecule has 1 aliphatic heterocycles. The summed E-state index contributed by atoms with van der Waals surface area (Å²) < 4.78 is 5.43. The number of benzene rings is 1. The summed E-state index contributed by atoms with van der Waals surface area (Å²) in [5.74, 6) is 2.56. The van der Waals surface area contributed by atoms with Crippen molar-refractivity contribution in [3.63, 3.8) is 0 Å². The molecule has 1 aromatic carbocycles. The lowest BCUT2D eigenvalue weighted by Crippen LogP contribution is -2.10. The lowest BCUT2D eigenvalue weighted by molar-refractivity contribution is 0.340. The van der Waals surface area contributed by atoms with Crippen molar-refractivity contribution in [3.8, 4) is 5.75 Å². The van der Waals surface area contributed by atoms with Crippen LogP contribution in [0.5, 0.6) is 5.75 Å². The number of ether oxygens (including phenoxy) is 1. The predicted octanol–water partition coefficient (Wildman–Crippen LogP) is 2.57. The summed E-state index contributed by atoms with van der Waals surface area (Å²) >= 11 is 1.79. The molecule has 0 saturated carbocycles. The molecule has 0 aromatic heterocycles. The Hall–Kier alpha value is -1.16. The SMILES string of the molecule is CCOc1ccc2c(c1)N=C(N)CCS2. The molecule has 1 heterocycles. The molecule has 0 atom stereocenters. The van der Waals surface area contributed by atoms with Crippen molar-refractivity contribution in [2.24, 2.45) is 10.7 Å². The Morgan fingerprint density at radius 2 is 2.40 bits per heavy atom. The molecule has 1 aromatic rings. The number of nitrogens with two attached hydrogens (primary N) is 1. The van der Waals surface area contributed by atoms with Crippen LogP contribution in [0.15, 0.2) is 28.1 Å². The van der Waals surface area contributed by atoms with Crippen molar-refractivity contribution in [2.45, 2.75) is 18.2 Å². The van der Waals surface area contributed by atoms with Gasteiger partial charge in [-0.2, -0.15) is 0 Å². The third-order valence-electron chi connectivity index (χ3n) is 2.12. The molecule has 2 rings (SSSR count). The molecule has 0 bridgehead atoms. The first-order valence-electron chi connectivity index (χ1n) is 5.02. The van der Waals surface area contributed by atoms with E-state index in [0.29, 0.717) is 12.4 Å². The van der Waals surface area contributed by atoms with Crippen LogP contribution in [0.2, 0.25) is 0 Å². The van der Waals surface area contributed by atoms with E-state index in [1.807, 2.05) is 25.1 Å². The summed E-state index contributed by atoms with van der Waals surface area (Å²) in [5.41, 5.74) is 6.70. The second-order valence-electron chi connectivity index (χ2n) is 3.26. The highest BCUT2D eigenvalue weighted by atomic mass is 32.2. The smallest absolute Gasteiger partial charge is 0.121 e. The molecule has 0 unspecified atom stereocenters. The van der Waals surface area contributed by atoms with Crippen molar-refractivity contribution in [1.82, 2.24) is 0 Å². The molecule has 2 N–H and O–H groups in total. The highest BCUT2D eigenvalue weighted by Gasteiger charge is 2.09. The van der Waals surface area contributed by atoms with Gasteiger partial charge in [-0.3, -0.25) is 0 Å². The summed E-state index contributed by atoms with van der Waals surface area (Å²) in [6, 6.07) is 5.98. The standard InChI is InChI=1S/C11H14N2OS/c1-2-14-8-3-4-10-9(7-8)13-11(12)5-6-15-10/h3-4,7H,2,5-6H2,1H3,(H2,12,13).